The molecule has 0 N–H and O–H groups in total. The van der Waals surface area contributed by atoms with E-state index < -0.39 is 9.84 Å². The number of benzene rings is 2. The van der Waals surface area contributed by atoms with Gasteiger partial charge < -0.3 is 4.90 Å². The van der Waals surface area contributed by atoms with Gasteiger partial charge in [-0.25, -0.2) is 12.8 Å². The maximum atomic E-state index is 12.9. The second-order valence-electron chi connectivity index (χ2n) is 5.83. The van der Waals surface area contributed by atoms with E-state index in [1.54, 1.807) is 48.3 Å². The molecule has 0 aliphatic carbocycles. The third-order valence-electron chi connectivity index (χ3n) is 4.03. The first-order valence-corrected chi connectivity index (χ1v) is 9.38. The largest absolute Gasteiger partial charge is 0.339 e. The summed E-state index contributed by atoms with van der Waals surface area (Å²) in [5.74, 6) is -0.430. The van der Waals surface area contributed by atoms with Gasteiger partial charge in [0.1, 0.15) is 5.82 Å². The second kappa shape index (κ2) is 7.13. The van der Waals surface area contributed by atoms with Crippen LogP contribution >= 0.6 is 0 Å². The Hall–Kier alpha value is -2.21. The average Bonchev–Trinajstić information content (AvgIpc) is 2.55. The summed E-state index contributed by atoms with van der Waals surface area (Å²) in [6.45, 7) is 1.87. The molecular weight excluding hydrogens is 329 g/mol. The Morgan fingerprint density at radius 3 is 2.12 bits per heavy atom. The highest BCUT2D eigenvalue weighted by Gasteiger charge is 2.18. The van der Waals surface area contributed by atoms with Gasteiger partial charge in [-0.2, -0.15) is 0 Å². The number of amides is 1. The first-order chi connectivity index (χ1) is 11.2. The molecule has 4 nitrogen and oxygen atoms in total. The van der Waals surface area contributed by atoms with E-state index in [4.69, 9.17) is 0 Å². The molecule has 24 heavy (non-hydrogen) atoms. The fourth-order valence-electron chi connectivity index (χ4n) is 2.33. The van der Waals surface area contributed by atoms with Crippen LogP contribution in [0.5, 0.6) is 0 Å². The first kappa shape index (κ1) is 18.1. The number of halogens is 1. The van der Waals surface area contributed by atoms with Crippen molar-refractivity contribution < 1.29 is 17.6 Å². The molecule has 0 radical (unpaired) electrons. The zero-order chi connectivity index (χ0) is 17.9. The Morgan fingerprint density at radius 2 is 1.62 bits per heavy atom. The third kappa shape index (κ3) is 4.41. The third-order valence-corrected chi connectivity index (χ3v) is 5.16. The molecule has 128 valence electrons. The van der Waals surface area contributed by atoms with Crippen LogP contribution in [0.15, 0.2) is 53.4 Å². The van der Waals surface area contributed by atoms with Crippen LogP contribution < -0.4 is 0 Å². The standard InChI is InChI=1S/C18H20FNO3S/c1-13(15-6-10-17(11-7-15)24(3,22)23)20(2)18(21)12-14-4-8-16(19)9-5-14/h4-11,13H,12H2,1-3H3. The predicted molar refractivity (Wildman–Crippen MR) is 90.8 cm³/mol. The maximum Gasteiger partial charge on any atom is 0.227 e. The number of hydrogen-bond donors (Lipinski definition) is 0. The lowest BCUT2D eigenvalue weighted by molar-refractivity contribution is -0.131. The number of sulfone groups is 1. The molecule has 2 rings (SSSR count). The Bertz CT molecular complexity index is 814. The number of carbonyl (C=O) groups excluding carboxylic acids is 1. The van der Waals surface area contributed by atoms with Crippen molar-refractivity contribution >= 4 is 15.7 Å². The molecule has 1 unspecified atom stereocenters. The lowest BCUT2D eigenvalue weighted by atomic mass is 10.1. The number of nitrogens with zero attached hydrogens (tertiary/aromatic N) is 1. The van der Waals surface area contributed by atoms with E-state index >= 15 is 0 Å². The van der Waals surface area contributed by atoms with Gasteiger partial charge in [0, 0.05) is 13.3 Å². The van der Waals surface area contributed by atoms with Crippen molar-refractivity contribution in [3.8, 4) is 0 Å². The molecule has 0 aliphatic rings. The van der Waals surface area contributed by atoms with Crippen molar-refractivity contribution in [2.75, 3.05) is 13.3 Å². The molecule has 1 atom stereocenters. The summed E-state index contributed by atoms with van der Waals surface area (Å²) in [4.78, 5) is 14.2. The molecular formula is C18H20FNO3S. The van der Waals surface area contributed by atoms with Crippen LogP contribution in [0, 0.1) is 5.82 Å². The van der Waals surface area contributed by atoms with E-state index in [0.717, 1.165) is 17.4 Å². The quantitative estimate of drug-likeness (QED) is 0.834. The maximum absolute atomic E-state index is 12.9. The van der Waals surface area contributed by atoms with Crippen molar-refractivity contribution in [1.82, 2.24) is 4.90 Å². The van der Waals surface area contributed by atoms with Crippen LogP contribution in [0.2, 0.25) is 0 Å². The normalized spacial score (nSPS) is 12.7. The van der Waals surface area contributed by atoms with Gasteiger partial charge in [0.25, 0.3) is 0 Å². The lowest BCUT2D eigenvalue weighted by Gasteiger charge is -2.25. The minimum atomic E-state index is -3.24. The predicted octanol–water partition coefficient (Wildman–Crippen LogP) is 2.99. The minimum Gasteiger partial charge on any atom is -0.339 e. The lowest BCUT2D eigenvalue weighted by Crippen LogP contribution is -2.31. The highest BCUT2D eigenvalue weighted by molar-refractivity contribution is 7.90. The summed E-state index contributed by atoms with van der Waals surface area (Å²) in [6.07, 6.45) is 1.34. The zero-order valence-corrected chi connectivity index (χ0v) is 14.7. The Kier molecular flexibility index (Phi) is 5.39. The van der Waals surface area contributed by atoms with Crippen LogP contribution in [0.4, 0.5) is 4.39 Å². The smallest absolute Gasteiger partial charge is 0.227 e. The molecule has 0 fully saturated rings. The van der Waals surface area contributed by atoms with Crippen molar-refractivity contribution in [2.24, 2.45) is 0 Å². The fourth-order valence-corrected chi connectivity index (χ4v) is 2.97. The number of hydrogen-bond acceptors (Lipinski definition) is 3. The number of rotatable bonds is 5. The topological polar surface area (TPSA) is 54.5 Å². The highest BCUT2D eigenvalue weighted by Crippen LogP contribution is 2.21. The Balaban J connectivity index is 2.09. The molecule has 2 aromatic rings. The molecule has 0 heterocycles. The van der Waals surface area contributed by atoms with E-state index in [1.807, 2.05) is 6.92 Å². The summed E-state index contributed by atoms with van der Waals surface area (Å²) in [7, 11) is -1.54. The Morgan fingerprint density at radius 1 is 1.08 bits per heavy atom. The van der Waals surface area contributed by atoms with Gasteiger partial charge in [-0.1, -0.05) is 24.3 Å². The molecule has 2 aromatic carbocycles. The molecule has 6 heteroatoms. The van der Waals surface area contributed by atoms with Crippen molar-refractivity contribution in [3.05, 3.63) is 65.5 Å². The van der Waals surface area contributed by atoms with Gasteiger partial charge in [0.2, 0.25) is 5.91 Å². The summed E-state index contributed by atoms with van der Waals surface area (Å²) >= 11 is 0. The van der Waals surface area contributed by atoms with Crippen LogP contribution in [-0.4, -0.2) is 32.5 Å². The summed E-state index contributed by atoms with van der Waals surface area (Å²) in [6, 6.07) is 12.1. The molecule has 0 bridgehead atoms. The van der Waals surface area contributed by atoms with Crippen molar-refractivity contribution in [2.45, 2.75) is 24.3 Å². The van der Waals surface area contributed by atoms with Crippen LogP contribution in [-0.2, 0) is 21.1 Å². The second-order valence-corrected chi connectivity index (χ2v) is 7.84. The van der Waals surface area contributed by atoms with E-state index in [9.17, 15) is 17.6 Å². The zero-order valence-electron chi connectivity index (χ0n) is 13.9. The van der Waals surface area contributed by atoms with Gasteiger partial charge >= 0.3 is 0 Å². The van der Waals surface area contributed by atoms with Gasteiger partial charge in [-0.3, -0.25) is 4.79 Å². The van der Waals surface area contributed by atoms with E-state index in [2.05, 4.69) is 0 Å². The van der Waals surface area contributed by atoms with Crippen LogP contribution in [0.25, 0.3) is 0 Å². The van der Waals surface area contributed by atoms with Gasteiger partial charge in [0.05, 0.1) is 17.4 Å². The molecule has 0 aliphatic heterocycles. The van der Waals surface area contributed by atoms with E-state index in [0.29, 0.717) is 0 Å². The molecule has 0 spiro atoms. The highest BCUT2D eigenvalue weighted by atomic mass is 32.2. The summed E-state index contributed by atoms with van der Waals surface area (Å²) < 4.78 is 35.9. The van der Waals surface area contributed by atoms with Crippen molar-refractivity contribution in [3.63, 3.8) is 0 Å². The Labute approximate surface area is 141 Å². The summed E-state index contributed by atoms with van der Waals surface area (Å²) in [5.41, 5.74) is 1.59. The van der Waals surface area contributed by atoms with E-state index in [-0.39, 0.29) is 29.1 Å². The average molecular weight is 349 g/mol. The molecule has 0 saturated heterocycles. The van der Waals surface area contributed by atoms with Gasteiger partial charge in [-0.15, -0.1) is 0 Å². The molecule has 1 amide bonds. The molecule has 0 aromatic heterocycles. The number of carbonyl (C=O) groups is 1. The number of likely N-dealkylation sites (N-methyl/N-ethyl adjacent to an activating group) is 1. The van der Waals surface area contributed by atoms with Gasteiger partial charge in [0.15, 0.2) is 9.84 Å². The van der Waals surface area contributed by atoms with E-state index in [1.165, 1.54) is 12.1 Å². The summed E-state index contributed by atoms with van der Waals surface area (Å²) in [5, 5.41) is 0. The first-order valence-electron chi connectivity index (χ1n) is 7.48. The minimum absolute atomic E-state index is 0.0960. The monoisotopic (exact) mass is 349 g/mol. The SMILES string of the molecule is CC(c1ccc(S(C)(=O)=O)cc1)N(C)C(=O)Cc1ccc(F)cc1. The van der Waals surface area contributed by atoms with Crippen molar-refractivity contribution in [1.29, 1.82) is 0 Å². The van der Waals surface area contributed by atoms with Crippen LogP contribution in [0.3, 0.4) is 0 Å². The van der Waals surface area contributed by atoms with Crippen LogP contribution in [0.1, 0.15) is 24.1 Å². The molecule has 0 saturated carbocycles. The van der Waals surface area contributed by atoms with Gasteiger partial charge in [-0.05, 0) is 42.3 Å². The fraction of sp³-hybridized carbons (Fsp3) is 0.278.